The van der Waals surface area contributed by atoms with Crippen molar-refractivity contribution in [1.82, 2.24) is 19.9 Å². The van der Waals surface area contributed by atoms with Crippen molar-refractivity contribution < 1.29 is 0 Å². The summed E-state index contributed by atoms with van der Waals surface area (Å²) >= 11 is 1.71. The van der Waals surface area contributed by atoms with Gasteiger partial charge < -0.3 is 9.88 Å². The first-order valence-electron chi connectivity index (χ1n) is 6.01. The van der Waals surface area contributed by atoms with Crippen LogP contribution in [0.4, 0.5) is 0 Å². The van der Waals surface area contributed by atoms with Crippen molar-refractivity contribution in [3.05, 3.63) is 35.3 Å². The highest BCUT2D eigenvalue weighted by Crippen LogP contribution is 2.30. The van der Waals surface area contributed by atoms with E-state index in [1.54, 1.807) is 11.3 Å². The molecule has 2 aromatic heterocycles. The van der Waals surface area contributed by atoms with Gasteiger partial charge in [0.15, 0.2) is 0 Å². The van der Waals surface area contributed by atoms with E-state index < -0.39 is 0 Å². The lowest BCUT2D eigenvalue weighted by molar-refractivity contribution is 0.391. The number of hydrogen-bond donors (Lipinski definition) is 1. The molecule has 2 unspecified atom stereocenters. The van der Waals surface area contributed by atoms with Gasteiger partial charge >= 0.3 is 0 Å². The number of thiazole rings is 1. The van der Waals surface area contributed by atoms with Gasteiger partial charge in [-0.05, 0) is 19.3 Å². The molecule has 1 N–H and O–H groups in total. The molecule has 0 saturated heterocycles. The summed E-state index contributed by atoms with van der Waals surface area (Å²) in [4.78, 5) is 9.54. The van der Waals surface area contributed by atoms with Crippen LogP contribution in [0.5, 0.6) is 0 Å². The van der Waals surface area contributed by atoms with Crippen LogP contribution >= 0.6 is 11.3 Å². The highest BCUT2D eigenvalue weighted by atomic mass is 32.1. The van der Waals surface area contributed by atoms with Crippen LogP contribution in [0.1, 0.15) is 30.2 Å². The van der Waals surface area contributed by atoms with E-state index in [9.17, 15) is 0 Å². The summed E-state index contributed by atoms with van der Waals surface area (Å²) in [6.45, 7) is 0.931. The monoisotopic (exact) mass is 248 g/mol. The molecule has 4 nitrogen and oxygen atoms in total. The van der Waals surface area contributed by atoms with E-state index in [0.717, 1.165) is 6.54 Å². The molecular weight excluding hydrogens is 232 g/mol. The summed E-state index contributed by atoms with van der Waals surface area (Å²) in [5, 5.41) is 3.64. The number of nitrogens with one attached hydrogen (secondary N) is 1. The average Bonchev–Trinajstić information content (AvgIpc) is 3.09. The van der Waals surface area contributed by atoms with E-state index in [4.69, 9.17) is 0 Å². The van der Waals surface area contributed by atoms with Crippen molar-refractivity contribution in [2.75, 3.05) is 0 Å². The fourth-order valence-electron chi connectivity index (χ4n) is 2.56. The summed E-state index contributed by atoms with van der Waals surface area (Å²) in [6.07, 6.45) is 11.6. The molecule has 1 aliphatic rings. The van der Waals surface area contributed by atoms with Gasteiger partial charge in [-0.2, -0.15) is 0 Å². The topological polar surface area (TPSA) is 42.7 Å². The molecule has 17 heavy (non-hydrogen) atoms. The van der Waals surface area contributed by atoms with Crippen LogP contribution in [-0.2, 0) is 6.54 Å². The number of hydrogen-bond acceptors (Lipinski definition) is 4. The largest absolute Gasteiger partial charge is 0.333 e. The Labute approximate surface area is 105 Å². The lowest BCUT2D eigenvalue weighted by Crippen LogP contribution is -2.32. The first-order valence-corrected chi connectivity index (χ1v) is 6.89. The van der Waals surface area contributed by atoms with Crippen molar-refractivity contribution >= 4 is 11.3 Å². The second-order valence-corrected chi connectivity index (χ2v) is 5.43. The van der Waals surface area contributed by atoms with Crippen molar-refractivity contribution in [3.63, 3.8) is 0 Å². The first kappa shape index (κ1) is 10.9. The number of imidazole rings is 1. The third-order valence-electron chi connectivity index (χ3n) is 3.41. The quantitative estimate of drug-likeness (QED) is 0.902. The molecule has 0 spiro atoms. The molecule has 1 aliphatic carbocycles. The molecule has 0 aromatic carbocycles. The maximum Gasteiger partial charge on any atom is 0.0949 e. The summed E-state index contributed by atoms with van der Waals surface area (Å²) in [5.74, 6) is 0. The first-order chi connectivity index (χ1) is 8.43. The minimum atomic E-state index is 0.561. The Bertz CT molecular complexity index is 437. The number of aromatic nitrogens is 3. The van der Waals surface area contributed by atoms with Crippen LogP contribution in [0, 0.1) is 0 Å². The molecule has 0 radical (unpaired) electrons. The summed E-state index contributed by atoms with van der Waals surface area (Å²) in [7, 11) is 0. The van der Waals surface area contributed by atoms with Gasteiger partial charge in [-0.3, -0.25) is 4.98 Å². The van der Waals surface area contributed by atoms with E-state index in [1.807, 2.05) is 24.2 Å². The van der Waals surface area contributed by atoms with Gasteiger partial charge in [0.05, 0.1) is 11.8 Å². The van der Waals surface area contributed by atoms with E-state index in [1.165, 1.54) is 24.1 Å². The van der Waals surface area contributed by atoms with Gasteiger partial charge in [-0.1, -0.05) is 0 Å². The predicted octanol–water partition coefficient (Wildman–Crippen LogP) is 2.22. The minimum absolute atomic E-state index is 0.561. The molecule has 90 valence electrons. The lowest BCUT2D eigenvalue weighted by atomic mass is 10.1. The fraction of sp³-hybridized carbons (Fsp3) is 0.500. The Hall–Kier alpha value is -1.20. The van der Waals surface area contributed by atoms with Crippen LogP contribution in [-0.4, -0.2) is 20.6 Å². The van der Waals surface area contributed by atoms with E-state index in [-0.39, 0.29) is 0 Å². The molecule has 2 aromatic rings. The third kappa shape index (κ3) is 2.40. The fourth-order valence-corrected chi connectivity index (χ4v) is 3.11. The van der Waals surface area contributed by atoms with Crippen molar-refractivity contribution in [2.24, 2.45) is 0 Å². The third-order valence-corrected chi connectivity index (χ3v) is 4.19. The summed E-state index contributed by atoms with van der Waals surface area (Å²) in [6, 6.07) is 1.12. The van der Waals surface area contributed by atoms with Gasteiger partial charge in [0, 0.05) is 42.1 Å². The normalized spacial score (nSPS) is 24.2. The lowest BCUT2D eigenvalue weighted by Gasteiger charge is -2.21. The zero-order chi connectivity index (χ0) is 11.5. The van der Waals surface area contributed by atoms with Crippen molar-refractivity contribution in [1.29, 1.82) is 0 Å². The van der Waals surface area contributed by atoms with Crippen LogP contribution in [0.2, 0.25) is 0 Å². The minimum Gasteiger partial charge on any atom is -0.333 e. The van der Waals surface area contributed by atoms with Crippen LogP contribution in [0.3, 0.4) is 0 Å². The number of nitrogens with zero attached hydrogens (tertiary/aromatic N) is 3. The predicted molar refractivity (Wildman–Crippen MR) is 67.9 cm³/mol. The molecule has 3 rings (SSSR count). The van der Waals surface area contributed by atoms with Gasteiger partial charge in [-0.15, -0.1) is 11.3 Å². The maximum absolute atomic E-state index is 4.14. The van der Waals surface area contributed by atoms with Crippen molar-refractivity contribution in [2.45, 2.75) is 37.9 Å². The molecule has 0 bridgehead atoms. The summed E-state index contributed by atoms with van der Waals surface area (Å²) in [5.41, 5.74) is 1.89. The Morgan fingerprint density at radius 1 is 1.41 bits per heavy atom. The highest BCUT2D eigenvalue weighted by molar-refractivity contribution is 7.09. The molecule has 1 saturated carbocycles. The van der Waals surface area contributed by atoms with Crippen molar-refractivity contribution in [3.8, 4) is 0 Å². The summed E-state index contributed by atoms with van der Waals surface area (Å²) < 4.78 is 2.23. The Morgan fingerprint density at radius 3 is 3.18 bits per heavy atom. The standard InChI is InChI=1S/C12H16N4S/c1-2-11(15-7-10-6-14-9-17-10)12(3-1)16-5-4-13-8-16/h4-6,8-9,11-12,15H,1-3,7H2. The van der Waals surface area contributed by atoms with Gasteiger partial charge in [0.2, 0.25) is 0 Å². The molecule has 0 aliphatic heterocycles. The SMILES string of the molecule is c1cn(C2CCCC2NCc2cncs2)cn1. The second kappa shape index (κ2) is 4.98. The Morgan fingerprint density at radius 2 is 2.41 bits per heavy atom. The Balaban J connectivity index is 1.62. The van der Waals surface area contributed by atoms with E-state index in [0.29, 0.717) is 12.1 Å². The van der Waals surface area contributed by atoms with Gasteiger partial charge in [0.25, 0.3) is 0 Å². The molecule has 0 amide bonds. The zero-order valence-electron chi connectivity index (χ0n) is 9.62. The van der Waals surface area contributed by atoms with Crippen LogP contribution < -0.4 is 5.32 Å². The molecule has 2 atom stereocenters. The molecular formula is C12H16N4S. The van der Waals surface area contributed by atoms with Gasteiger partial charge in [-0.25, -0.2) is 4.98 Å². The molecule has 2 heterocycles. The molecule has 5 heteroatoms. The smallest absolute Gasteiger partial charge is 0.0949 e. The van der Waals surface area contributed by atoms with Crippen LogP contribution in [0.15, 0.2) is 30.4 Å². The number of rotatable bonds is 4. The average molecular weight is 248 g/mol. The highest BCUT2D eigenvalue weighted by Gasteiger charge is 2.27. The van der Waals surface area contributed by atoms with Gasteiger partial charge in [0.1, 0.15) is 0 Å². The Kier molecular flexibility index (Phi) is 3.20. The zero-order valence-corrected chi connectivity index (χ0v) is 10.4. The second-order valence-electron chi connectivity index (χ2n) is 4.46. The van der Waals surface area contributed by atoms with E-state index in [2.05, 4.69) is 26.0 Å². The maximum atomic E-state index is 4.14. The van der Waals surface area contributed by atoms with Crippen LogP contribution in [0.25, 0.3) is 0 Å². The van der Waals surface area contributed by atoms with E-state index >= 15 is 0 Å². The molecule has 1 fully saturated rings.